The quantitative estimate of drug-likeness (QED) is 0.720. The molecule has 1 heterocycles. The molecule has 1 rings (SSSR count). The van der Waals surface area contributed by atoms with Crippen molar-refractivity contribution in [2.24, 2.45) is 0 Å². The number of carboxylic acid groups (broad SMARTS) is 1. The molecule has 1 aromatic rings. The van der Waals surface area contributed by atoms with Crippen molar-refractivity contribution in [3.05, 3.63) is 20.9 Å². The maximum Gasteiger partial charge on any atom is 0.346 e. The van der Waals surface area contributed by atoms with Crippen LogP contribution in [0, 0.1) is 25.2 Å². The van der Waals surface area contributed by atoms with E-state index in [9.17, 15) is 4.79 Å². The Morgan fingerprint density at radius 3 is 2.42 bits per heavy atom. The summed E-state index contributed by atoms with van der Waals surface area (Å²) in [7, 11) is 0. The van der Waals surface area contributed by atoms with Crippen LogP contribution in [-0.4, -0.2) is 11.1 Å². The Balaban J connectivity index is 3.39. The van der Waals surface area contributed by atoms with Gasteiger partial charge in [-0.15, -0.1) is 11.3 Å². The minimum absolute atomic E-state index is 0.268. The lowest BCUT2D eigenvalue weighted by Gasteiger charge is -1.88. The Labute approximate surface area is 73.9 Å². The van der Waals surface area contributed by atoms with Crippen LogP contribution in [0.2, 0.25) is 0 Å². The Bertz CT molecular complexity index is 373. The highest BCUT2D eigenvalue weighted by atomic mass is 32.1. The zero-order valence-electron chi connectivity index (χ0n) is 6.71. The first-order chi connectivity index (χ1) is 5.57. The fourth-order valence-corrected chi connectivity index (χ4v) is 1.97. The number of carbonyl (C=O) groups is 1. The molecule has 1 aromatic heterocycles. The van der Waals surface area contributed by atoms with Gasteiger partial charge in [0, 0.05) is 4.88 Å². The molecule has 1 N–H and O–H groups in total. The molecule has 4 heteroatoms. The van der Waals surface area contributed by atoms with Gasteiger partial charge in [0.05, 0.1) is 5.56 Å². The number of hydrogen-bond donors (Lipinski definition) is 1. The Morgan fingerprint density at radius 2 is 2.17 bits per heavy atom. The normalized spacial score (nSPS) is 9.42. The van der Waals surface area contributed by atoms with Crippen LogP contribution in [0.4, 0.5) is 0 Å². The average molecular weight is 181 g/mol. The minimum atomic E-state index is -0.956. The van der Waals surface area contributed by atoms with Gasteiger partial charge in [0.2, 0.25) is 0 Å². The number of thiophene rings is 1. The number of nitrogens with zero attached hydrogens (tertiary/aromatic N) is 1. The van der Waals surface area contributed by atoms with Crippen LogP contribution in [0.25, 0.3) is 0 Å². The van der Waals surface area contributed by atoms with Gasteiger partial charge in [0.1, 0.15) is 10.9 Å². The summed E-state index contributed by atoms with van der Waals surface area (Å²) in [6.07, 6.45) is 0. The number of nitriles is 1. The van der Waals surface area contributed by atoms with Crippen molar-refractivity contribution in [1.29, 1.82) is 5.26 Å². The SMILES string of the molecule is Cc1sc(C(=O)O)c(C)c1C#N. The molecular weight excluding hydrogens is 174 g/mol. The summed E-state index contributed by atoms with van der Waals surface area (Å²) < 4.78 is 0. The second kappa shape index (κ2) is 2.95. The molecule has 0 aliphatic heterocycles. The van der Waals surface area contributed by atoms with E-state index < -0.39 is 5.97 Å². The third kappa shape index (κ3) is 1.19. The topological polar surface area (TPSA) is 61.1 Å². The second-order valence-electron chi connectivity index (χ2n) is 2.40. The smallest absolute Gasteiger partial charge is 0.346 e. The van der Waals surface area contributed by atoms with Crippen molar-refractivity contribution in [2.75, 3.05) is 0 Å². The summed E-state index contributed by atoms with van der Waals surface area (Å²) in [6.45, 7) is 3.41. The minimum Gasteiger partial charge on any atom is -0.477 e. The van der Waals surface area contributed by atoms with E-state index in [0.29, 0.717) is 11.1 Å². The maximum atomic E-state index is 10.6. The molecule has 12 heavy (non-hydrogen) atoms. The van der Waals surface area contributed by atoms with Crippen molar-refractivity contribution in [2.45, 2.75) is 13.8 Å². The summed E-state index contributed by atoms with van der Waals surface area (Å²) in [5, 5.41) is 17.4. The molecule has 0 radical (unpaired) electrons. The van der Waals surface area contributed by atoms with E-state index in [2.05, 4.69) is 0 Å². The number of aromatic carboxylic acids is 1. The number of rotatable bonds is 1. The predicted molar refractivity (Wildman–Crippen MR) is 45.5 cm³/mol. The van der Waals surface area contributed by atoms with Crippen molar-refractivity contribution < 1.29 is 9.90 Å². The summed E-state index contributed by atoms with van der Waals surface area (Å²) in [5.74, 6) is -0.956. The van der Waals surface area contributed by atoms with E-state index in [0.717, 1.165) is 16.2 Å². The van der Waals surface area contributed by atoms with Gasteiger partial charge in [-0.1, -0.05) is 0 Å². The van der Waals surface area contributed by atoms with Crippen LogP contribution in [0.15, 0.2) is 0 Å². The van der Waals surface area contributed by atoms with Crippen molar-refractivity contribution in [3.63, 3.8) is 0 Å². The first kappa shape index (κ1) is 8.75. The van der Waals surface area contributed by atoms with E-state index in [4.69, 9.17) is 10.4 Å². The average Bonchev–Trinajstić information content (AvgIpc) is 2.27. The zero-order valence-corrected chi connectivity index (χ0v) is 7.53. The predicted octanol–water partition coefficient (Wildman–Crippen LogP) is 1.93. The van der Waals surface area contributed by atoms with Gasteiger partial charge < -0.3 is 5.11 Å². The number of carboxylic acids is 1. The van der Waals surface area contributed by atoms with Crippen LogP contribution in [0.3, 0.4) is 0 Å². The molecule has 0 aliphatic rings. The van der Waals surface area contributed by atoms with Crippen LogP contribution in [-0.2, 0) is 0 Å². The second-order valence-corrected chi connectivity index (χ2v) is 3.63. The van der Waals surface area contributed by atoms with Gasteiger partial charge in [-0.2, -0.15) is 5.26 Å². The summed E-state index contributed by atoms with van der Waals surface area (Å²) in [5.41, 5.74) is 1.07. The van der Waals surface area contributed by atoms with Gasteiger partial charge in [-0.05, 0) is 19.4 Å². The molecule has 0 saturated carbocycles. The summed E-state index contributed by atoms with van der Waals surface area (Å²) in [6, 6.07) is 1.99. The van der Waals surface area contributed by atoms with E-state index in [1.807, 2.05) is 6.07 Å². The Kier molecular flexibility index (Phi) is 2.15. The molecular formula is C8H7NO2S. The molecule has 0 spiro atoms. The van der Waals surface area contributed by atoms with E-state index in [1.165, 1.54) is 0 Å². The third-order valence-corrected chi connectivity index (χ3v) is 2.82. The van der Waals surface area contributed by atoms with Crippen LogP contribution >= 0.6 is 11.3 Å². The first-order valence-electron chi connectivity index (χ1n) is 3.31. The van der Waals surface area contributed by atoms with E-state index in [-0.39, 0.29) is 4.88 Å². The number of aryl methyl sites for hydroxylation is 1. The molecule has 0 unspecified atom stereocenters. The molecule has 0 fully saturated rings. The highest BCUT2D eigenvalue weighted by molar-refractivity contribution is 7.14. The lowest BCUT2D eigenvalue weighted by atomic mass is 10.1. The molecule has 0 aromatic carbocycles. The van der Waals surface area contributed by atoms with E-state index in [1.54, 1.807) is 13.8 Å². The molecule has 0 amide bonds. The largest absolute Gasteiger partial charge is 0.477 e. The number of hydrogen-bond acceptors (Lipinski definition) is 3. The monoisotopic (exact) mass is 181 g/mol. The Hall–Kier alpha value is -1.34. The van der Waals surface area contributed by atoms with Gasteiger partial charge in [-0.3, -0.25) is 0 Å². The van der Waals surface area contributed by atoms with Crippen LogP contribution in [0.1, 0.15) is 25.7 Å². The van der Waals surface area contributed by atoms with Gasteiger partial charge in [0.15, 0.2) is 0 Å². The molecule has 62 valence electrons. The van der Waals surface area contributed by atoms with Gasteiger partial charge >= 0.3 is 5.97 Å². The molecule has 3 nitrogen and oxygen atoms in total. The summed E-state index contributed by atoms with van der Waals surface area (Å²) >= 11 is 1.15. The zero-order chi connectivity index (χ0) is 9.30. The third-order valence-electron chi connectivity index (χ3n) is 1.63. The lowest BCUT2D eigenvalue weighted by molar-refractivity contribution is 0.0701. The maximum absolute atomic E-state index is 10.6. The highest BCUT2D eigenvalue weighted by Crippen LogP contribution is 2.26. The fourth-order valence-electron chi connectivity index (χ4n) is 1.02. The van der Waals surface area contributed by atoms with Crippen LogP contribution in [0.5, 0.6) is 0 Å². The lowest BCUT2D eigenvalue weighted by Crippen LogP contribution is -1.94. The van der Waals surface area contributed by atoms with E-state index >= 15 is 0 Å². The van der Waals surface area contributed by atoms with Crippen molar-refractivity contribution in [3.8, 4) is 6.07 Å². The highest BCUT2D eigenvalue weighted by Gasteiger charge is 2.16. The van der Waals surface area contributed by atoms with Crippen molar-refractivity contribution in [1.82, 2.24) is 0 Å². The molecule has 0 aliphatic carbocycles. The van der Waals surface area contributed by atoms with Gasteiger partial charge in [-0.25, -0.2) is 4.79 Å². The first-order valence-corrected chi connectivity index (χ1v) is 4.13. The Morgan fingerprint density at radius 1 is 1.58 bits per heavy atom. The molecule has 0 saturated heterocycles. The van der Waals surface area contributed by atoms with Crippen molar-refractivity contribution >= 4 is 17.3 Å². The fraction of sp³-hybridized carbons (Fsp3) is 0.250. The standard InChI is InChI=1S/C8H7NO2S/c1-4-6(3-9)5(2)12-7(4)8(10)11/h1-2H3,(H,10,11). The van der Waals surface area contributed by atoms with Gasteiger partial charge in [0.25, 0.3) is 0 Å². The molecule has 0 atom stereocenters. The molecule has 0 bridgehead atoms. The summed E-state index contributed by atoms with van der Waals surface area (Å²) in [4.78, 5) is 11.6. The van der Waals surface area contributed by atoms with Crippen LogP contribution < -0.4 is 0 Å².